The van der Waals surface area contributed by atoms with E-state index in [1.807, 2.05) is 48.7 Å². The van der Waals surface area contributed by atoms with Gasteiger partial charge in [-0.1, -0.05) is 29.5 Å². The summed E-state index contributed by atoms with van der Waals surface area (Å²) in [6, 6.07) is 15.4. The van der Waals surface area contributed by atoms with Crippen molar-refractivity contribution in [3.05, 3.63) is 72.3 Å². The highest BCUT2D eigenvalue weighted by Gasteiger charge is 2.27. The van der Waals surface area contributed by atoms with Crippen LogP contribution in [0.1, 0.15) is 29.0 Å². The number of rotatable bonds is 5. The zero-order valence-corrected chi connectivity index (χ0v) is 14.5. The topological polar surface area (TPSA) is 63.9 Å². The number of hydrogen-bond acceptors (Lipinski definition) is 5. The molecule has 6 heteroatoms. The molecule has 1 aliphatic heterocycles. The van der Waals surface area contributed by atoms with Crippen LogP contribution in [0, 0.1) is 5.92 Å². The molecule has 2 aromatic heterocycles. The average Bonchev–Trinajstić information content (AvgIpc) is 3.17. The number of carbonyl (C=O) groups is 1. The molecule has 0 spiro atoms. The van der Waals surface area contributed by atoms with Crippen LogP contribution >= 0.6 is 0 Å². The molecule has 0 bridgehead atoms. The van der Waals surface area contributed by atoms with Crippen molar-refractivity contribution in [2.75, 3.05) is 13.1 Å². The Balaban J connectivity index is 1.41. The van der Waals surface area contributed by atoms with E-state index in [1.54, 1.807) is 16.9 Å². The minimum absolute atomic E-state index is 0.00261. The van der Waals surface area contributed by atoms with Crippen LogP contribution in [0.25, 0.3) is 5.69 Å². The lowest BCUT2D eigenvalue weighted by Gasteiger charge is -2.31. The van der Waals surface area contributed by atoms with Crippen molar-refractivity contribution in [2.45, 2.75) is 19.4 Å². The largest absolute Gasteiger partial charge is 0.297 e. The molecule has 0 amide bonds. The molecule has 1 atom stereocenters. The summed E-state index contributed by atoms with van der Waals surface area (Å²) in [6.45, 7) is 2.43. The summed E-state index contributed by atoms with van der Waals surface area (Å²) < 4.78 is 1.79. The van der Waals surface area contributed by atoms with E-state index in [1.165, 1.54) is 0 Å². The second-order valence-electron chi connectivity index (χ2n) is 6.64. The zero-order chi connectivity index (χ0) is 17.8. The van der Waals surface area contributed by atoms with E-state index in [0.29, 0.717) is 12.2 Å². The third kappa shape index (κ3) is 3.70. The number of para-hydroxylation sites is 1. The van der Waals surface area contributed by atoms with Crippen molar-refractivity contribution in [2.24, 2.45) is 5.92 Å². The molecule has 0 radical (unpaired) electrons. The maximum absolute atomic E-state index is 12.7. The van der Waals surface area contributed by atoms with Crippen molar-refractivity contribution >= 4 is 5.78 Å². The van der Waals surface area contributed by atoms with Gasteiger partial charge in [0.2, 0.25) is 0 Å². The SMILES string of the molecule is O=C(c1ccccn1)C1CCCN(Cc2cn(-c3ccccc3)nn2)C1. The van der Waals surface area contributed by atoms with Crippen LogP contribution in [0.4, 0.5) is 0 Å². The fourth-order valence-electron chi connectivity index (χ4n) is 3.44. The third-order valence-corrected chi connectivity index (χ3v) is 4.74. The van der Waals surface area contributed by atoms with Gasteiger partial charge < -0.3 is 0 Å². The molecule has 132 valence electrons. The smallest absolute Gasteiger partial charge is 0.185 e. The highest BCUT2D eigenvalue weighted by Crippen LogP contribution is 2.21. The maximum Gasteiger partial charge on any atom is 0.185 e. The molecule has 1 fully saturated rings. The second kappa shape index (κ2) is 7.58. The van der Waals surface area contributed by atoms with Crippen molar-refractivity contribution < 1.29 is 4.79 Å². The molecule has 3 heterocycles. The van der Waals surface area contributed by atoms with Crippen LogP contribution in [-0.4, -0.2) is 43.8 Å². The second-order valence-corrected chi connectivity index (χ2v) is 6.64. The minimum Gasteiger partial charge on any atom is -0.297 e. The fraction of sp³-hybridized carbons (Fsp3) is 0.300. The Morgan fingerprint density at radius 1 is 1.12 bits per heavy atom. The van der Waals surface area contributed by atoms with Gasteiger partial charge in [0.25, 0.3) is 0 Å². The normalized spacial score (nSPS) is 17.9. The first-order valence-corrected chi connectivity index (χ1v) is 8.94. The van der Waals surface area contributed by atoms with Crippen molar-refractivity contribution in [1.82, 2.24) is 24.9 Å². The minimum atomic E-state index is 0.00261. The first-order chi connectivity index (χ1) is 12.8. The Hall–Kier alpha value is -2.86. The van der Waals surface area contributed by atoms with Gasteiger partial charge in [-0.2, -0.15) is 0 Å². The summed E-state index contributed by atoms with van der Waals surface area (Å²) in [5.74, 6) is 0.144. The van der Waals surface area contributed by atoms with Crippen molar-refractivity contribution in [3.8, 4) is 5.69 Å². The molecule has 0 N–H and O–H groups in total. The molecule has 0 saturated carbocycles. The first kappa shape index (κ1) is 16.6. The predicted octanol–water partition coefficient (Wildman–Crippen LogP) is 2.76. The number of piperidine rings is 1. The van der Waals surface area contributed by atoms with Crippen LogP contribution in [0.3, 0.4) is 0 Å². The van der Waals surface area contributed by atoms with Crippen LogP contribution in [0.2, 0.25) is 0 Å². The van der Waals surface area contributed by atoms with E-state index in [0.717, 1.165) is 37.3 Å². The molecule has 4 rings (SSSR count). The summed E-state index contributed by atoms with van der Waals surface area (Å²) >= 11 is 0. The van der Waals surface area contributed by atoms with Crippen LogP contribution in [0.5, 0.6) is 0 Å². The van der Waals surface area contributed by atoms with Gasteiger partial charge in [-0.25, -0.2) is 4.68 Å². The number of nitrogens with zero attached hydrogens (tertiary/aromatic N) is 5. The van der Waals surface area contributed by atoms with Gasteiger partial charge in [-0.05, 0) is 43.7 Å². The summed E-state index contributed by atoms with van der Waals surface area (Å²) in [6.07, 6.45) is 5.56. The number of benzene rings is 1. The van der Waals surface area contributed by atoms with Crippen LogP contribution in [-0.2, 0) is 6.54 Å². The number of aromatic nitrogens is 4. The molecule has 6 nitrogen and oxygen atoms in total. The number of likely N-dealkylation sites (tertiary alicyclic amines) is 1. The van der Waals surface area contributed by atoms with E-state index < -0.39 is 0 Å². The van der Waals surface area contributed by atoms with Crippen LogP contribution in [0.15, 0.2) is 60.9 Å². The molecule has 1 aliphatic rings. The molecule has 1 unspecified atom stereocenters. The van der Waals surface area contributed by atoms with Gasteiger partial charge in [-0.15, -0.1) is 5.10 Å². The molecular formula is C20H21N5O. The number of pyridine rings is 1. The third-order valence-electron chi connectivity index (χ3n) is 4.74. The summed E-state index contributed by atoms with van der Waals surface area (Å²) in [7, 11) is 0. The summed E-state index contributed by atoms with van der Waals surface area (Å²) in [4.78, 5) is 19.2. The van der Waals surface area contributed by atoms with E-state index in [9.17, 15) is 4.79 Å². The molecule has 1 saturated heterocycles. The number of hydrogen-bond donors (Lipinski definition) is 0. The summed E-state index contributed by atoms with van der Waals surface area (Å²) in [5.41, 5.74) is 2.47. The molecule has 1 aromatic carbocycles. The number of carbonyl (C=O) groups excluding carboxylic acids is 1. The molecule has 0 aliphatic carbocycles. The Morgan fingerprint density at radius 2 is 1.96 bits per heavy atom. The lowest BCUT2D eigenvalue weighted by atomic mass is 9.92. The molecular weight excluding hydrogens is 326 g/mol. The lowest BCUT2D eigenvalue weighted by molar-refractivity contribution is 0.0805. The van der Waals surface area contributed by atoms with Gasteiger partial charge in [0, 0.05) is 25.2 Å². The average molecular weight is 347 g/mol. The Labute approximate surface area is 152 Å². The predicted molar refractivity (Wildman–Crippen MR) is 97.9 cm³/mol. The van der Waals surface area contributed by atoms with Gasteiger partial charge >= 0.3 is 0 Å². The van der Waals surface area contributed by atoms with Gasteiger partial charge in [-0.3, -0.25) is 14.7 Å². The number of ketones is 1. The van der Waals surface area contributed by atoms with Gasteiger partial charge in [0.15, 0.2) is 5.78 Å². The van der Waals surface area contributed by atoms with E-state index in [4.69, 9.17) is 0 Å². The highest BCUT2D eigenvalue weighted by molar-refractivity contribution is 5.96. The van der Waals surface area contributed by atoms with Gasteiger partial charge in [0.1, 0.15) is 5.69 Å². The van der Waals surface area contributed by atoms with E-state index in [2.05, 4.69) is 20.2 Å². The zero-order valence-electron chi connectivity index (χ0n) is 14.5. The molecule has 3 aromatic rings. The standard InChI is InChI=1S/C20H21N5O/c26-20(19-10-4-5-11-21-19)16-7-6-12-24(13-16)14-17-15-25(23-22-17)18-8-2-1-3-9-18/h1-5,8-11,15-16H,6-7,12-14H2. The van der Waals surface area contributed by atoms with Crippen molar-refractivity contribution in [3.63, 3.8) is 0 Å². The maximum atomic E-state index is 12.7. The van der Waals surface area contributed by atoms with E-state index in [-0.39, 0.29) is 11.7 Å². The fourth-order valence-corrected chi connectivity index (χ4v) is 3.44. The Kier molecular flexibility index (Phi) is 4.84. The lowest BCUT2D eigenvalue weighted by Crippen LogP contribution is -2.38. The Bertz CT molecular complexity index is 862. The number of Topliss-reactive ketones (excluding diaryl/α,β-unsaturated/α-hetero) is 1. The quantitative estimate of drug-likeness (QED) is 0.664. The summed E-state index contributed by atoms with van der Waals surface area (Å²) in [5, 5.41) is 8.51. The molecule has 26 heavy (non-hydrogen) atoms. The van der Waals surface area contributed by atoms with Gasteiger partial charge in [0.05, 0.1) is 17.6 Å². The van der Waals surface area contributed by atoms with Crippen molar-refractivity contribution in [1.29, 1.82) is 0 Å². The Morgan fingerprint density at radius 3 is 2.77 bits per heavy atom. The highest BCUT2D eigenvalue weighted by atomic mass is 16.1. The van der Waals surface area contributed by atoms with E-state index >= 15 is 0 Å². The van der Waals surface area contributed by atoms with Crippen LogP contribution < -0.4 is 0 Å². The monoisotopic (exact) mass is 347 g/mol. The first-order valence-electron chi connectivity index (χ1n) is 8.94.